The number of amides is 1. The van der Waals surface area contributed by atoms with E-state index in [0.717, 1.165) is 0 Å². The summed E-state index contributed by atoms with van der Waals surface area (Å²) in [5, 5.41) is 8.81. The normalized spacial score (nSPS) is 10.9. The van der Waals surface area contributed by atoms with E-state index in [1.54, 1.807) is 48.5 Å². The first-order valence-corrected chi connectivity index (χ1v) is 5.88. The Labute approximate surface area is 115 Å². The topological polar surface area (TPSA) is 66.9 Å². The van der Waals surface area contributed by atoms with Crippen molar-refractivity contribution in [3.05, 3.63) is 65.5 Å². The summed E-state index contributed by atoms with van der Waals surface area (Å²) in [7, 11) is 0. The first-order chi connectivity index (χ1) is 9.61. The molecule has 1 amide bonds. The zero-order chi connectivity index (χ0) is 14.5. The molecule has 20 heavy (non-hydrogen) atoms. The number of carbonyl (C=O) groups is 1. The molecular formula is C16H11FN2O. The third kappa shape index (κ3) is 2.90. The number of rotatable bonds is 3. The van der Waals surface area contributed by atoms with Crippen molar-refractivity contribution in [3.63, 3.8) is 0 Å². The van der Waals surface area contributed by atoms with Crippen LogP contribution in [0.4, 0.5) is 4.39 Å². The van der Waals surface area contributed by atoms with Gasteiger partial charge in [0.2, 0.25) is 0 Å². The highest BCUT2D eigenvalue weighted by atomic mass is 19.1. The molecule has 0 spiro atoms. The predicted molar refractivity (Wildman–Crippen MR) is 74.6 cm³/mol. The van der Waals surface area contributed by atoms with Gasteiger partial charge in [0.05, 0.1) is 0 Å². The summed E-state index contributed by atoms with van der Waals surface area (Å²) in [6.45, 7) is 0. The molecule has 0 heterocycles. The number of primary amides is 1. The van der Waals surface area contributed by atoms with Gasteiger partial charge in [-0.3, -0.25) is 4.79 Å². The molecule has 2 N–H and O–H groups in total. The Hall–Kier alpha value is -2.93. The summed E-state index contributed by atoms with van der Waals surface area (Å²) in [4.78, 5) is 11.0. The van der Waals surface area contributed by atoms with Crippen LogP contribution in [-0.2, 0) is 4.79 Å². The molecule has 2 rings (SSSR count). The molecule has 0 aliphatic rings. The van der Waals surface area contributed by atoms with E-state index in [4.69, 9.17) is 11.0 Å². The van der Waals surface area contributed by atoms with Crippen molar-refractivity contribution in [1.82, 2.24) is 0 Å². The highest BCUT2D eigenvalue weighted by molar-refractivity contribution is 6.00. The number of carbonyl (C=O) groups excluding carboxylic acids is 1. The lowest BCUT2D eigenvalue weighted by Crippen LogP contribution is -2.12. The number of hydrogen-bond donors (Lipinski definition) is 1. The van der Waals surface area contributed by atoms with Gasteiger partial charge in [-0.15, -0.1) is 0 Å². The molecule has 3 nitrogen and oxygen atoms in total. The van der Waals surface area contributed by atoms with Crippen molar-refractivity contribution in [2.24, 2.45) is 5.73 Å². The van der Waals surface area contributed by atoms with Gasteiger partial charge in [0, 0.05) is 5.56 Å². The molecule has 0 atom stereocenters. The number of nitriles is 1. The molecule has 0 aromatic heterocycles. The number of hydrogen-bond acceptors (Lipinski definition) is 2. The molecular weight excluding hydrogens is 255 g/mol. The minimum atomic E-state index is -0.788. The van der Waals surface area contributed by atoms with Gasteiger partial charge in [-0.05, 0) is 29.3 Å². The van der Waals surface area contributed by atoms with Crippen molar-refractivity contribution in [3.8, 4) is 17.2 Å². The lowest BCUT2D eigenvalue weighted by atomic mass is 10.0. The average Bonchev–Trinajstić information content (AvgIpc) is 2.45. The van der Waals surface area contributed by atoms with Crippen molar-refractivity contribution in [1.29, 1.82) is 5.26 Å². The zero-order valence-corrected chi connectivity index (χ0v) is 10.5. The predicted octanol–water partition coefficient (Wildman–Crippen LogP) is 2.88. The Morgan fingerprint density at radius 3 is 2.60 bits per heavy atom. The minimum absolute atomic E-state index is 0.143. The fourth-order valence-electron chi connectivity index (χ4n) is 1.82. The van der Waals surface area contributed by atoms with E-state index in [-0.39, 0.29) is 11.4 Å². The fraction of sp³-hybridized carbons (Fsp3) is 0. The molecule has 0 aliphatic carbocycles. The van der Waals surface area contributed by atoms with Crippen molar-refractivity contribution < 1.29 is 9.18 Å². The molecule has 0 radical (unpaired) electrons. The van der Waals surface area contributed by atoms with E-state index in [1.165, 1.54) is 12.1 Å². The Kier molecular flexibility index (Phi) is 3.92. The van der Waals surface area contributed by atoms with Crippen LogP contribution in [0.25, 0.3) is 17.2 Å². The maximum Gasteiger partial charge on any atom is 0.259 e. The van der Waals surface area contributed by atoms with Crippen LogP contribution in [0.5, 0.6) is 0 Å². The van der Waals surface area contributed by atoms with E-state index in [2.05, 4.69) is 0 Å². The monoisotopic (exact) mass is 266 g/mol. The van der Waals surface area contributed by atoms with E-state index >= 15 is 0 Å². The summed E-state index contributed by atoms with van der Waals surface area (Å²) in [6, 6.07) is 15.0. The van der Waals surface area contributed by atoms with Crippen LogP contribution < -0.4 is 5.73 Å². The largest absolute Gasteiger partial charge is 0.365 e. The maximum atomic E-state index is 13.7. The maximum absolute atomic E-state index is 13.7. The van der Waals surface area contributed by atoms with Gasteiger partial charge in [-0.2, -0.15) is 5.26 Å². The number of nitrogens with two attached hydrogens (primary N) is 1. The molecule has 0 unspecified atom stereocenters. The van der Waals surface area contributed by atoms with Crippen LogP contribution in [-0.4, -0.2) is 5.91 Å². The Morgan fingerprint density at radius 2 is 1.95 bits per heavy atom. The molecule has 0 bridgehead atoms. The van der Waals surface area contributed by atoms with Gasteiger partial charge in [-0.1, -0.05) is 36.4 Å². The second-order valence-electron chi connectivity index (χ2n) is 4.14. The van der Waals surface area contributed by atoms with Gasteiger partial charge < -0.3 is 5.73 Å². The Bertz CT molecular complexity index is 729. The first kappa shape index (κ1) is 13.5. The molecule has 2 aromatic rings. The molecule has 0 aliphatic heterocycles. The smallest absolute Gasteiger partial charge is 0.259 e. The summed E-state index contributed by atoms with van der Waals surface area (Å²) in [5.74, 6) is -1.12. The van der Waals surface area contributed by atoms with E-state index in [9.17, 15) is 9.18 Å². The molecule has 4 heteroatoms. The summed E-state index contributed by atoms with van der Waals surface area (Å²) in [5.41, 5.74) is 6.67. The zero-order valence-electron chi connectivity index (χ0n) is 10.5. The van der Waals surface area contributed by atoms with Crippen LogP contribution in [0.1, 0.15) is 5.56 Å². The van der Waals surface area contributed by atoms with Crippen LogP contribution >= 0.6 is 0 Å². The van der Waals surface area contributed by atoms with Crippen molar-refractivity contribution >= 4 is 12.0 Å². The van der Waals surface area contributed by atoms with Crippen molar-refractivity contribution in [2.75, 3.05) is 0 Å². The summed E-state index contributed by atoms with van der Waals surface area (Å²) >= 11 is 0. The third-order valence-corrected chi connectivity index (χ3v) is 2.77. The molecule has 0 saturated heterocycles. The average molecular weight is 266 g/mol. The van der Waals surface area contributed by atoms with E-state index < -0.39 is 5.91 Å². The molecule has 98 valence electrons. The van der Waals surface area contributed by atoms with Gasteiger partial charge in [0.1, 0.15) is 17.5 Å². The van der Waals surface area contributed by atoms with Crippen LogP contribution in [0.2, 0.25) is 0 Å². The molecule has 2 aromatic carbocycles. The quantitative estimate of drug-likeness (QED) is 0.685. The fourth-order valence-corrected chi connectivity index (χ4v) is 1.82. The highest BCUT2D eigenvalue weighted by Gasteiger charge is 2.06. The molecule has 0 fully saturated rings. The summed E-state index contributed by atoms with van der Waals surface area (Å²) < 4.78 is 13.7. The second-order valence-corrected chi connectivity index (χ2v) is 4.14. The lowest BCUT2D eigenvalue weighted by molar-refractivity contribution is -0.114. The Balaban J connectivity index is 2.47. The van der Waals surface area contributed by atoms with Crippen LogP contribution in [0.3, 0.4) is 0 Å². The number of benzene rings is 2. The standard InChI is InChI=1S/C16H11FN2O/c17-15-7-2-1-6-14(15)12-5-3-4-11(8-12)9-13(10-18)16(19)20/h1-9H,(H2,19,20)/b13-9-. The first-order valence-electron chi connectivity index (χ1n) is 5.88. The third-order valence-electron chi connectivity index (χ3n) is 2.77. The highest BCUT2D eigenvalue weighted by Crippen LogP contribution is 2.24. The van der Waals surface area contributed by atoms with Gasteiger partial charge in [-0.25, -0.2) is 4.39 Å². The van der Waals surface area contributed by atoms with Crippen molar-refractivity contribution in [2.45, 2.75) is 0 Å². The Morgan fingerprint density at radius 1 is 1.20 bits per heavy atom. The SMILES string of the molecule is N#C/C(=C/c1cccc(-c2ccccc2F)c1)C(N)=O. The van der Waals surface area contributed by atoms with Gasteiger partial charge in [0.15, 0.2) is 0 Å². The van der Waals surface area contributed by atoms with E-state index in [1.807, 2.05) is 0 Å². The number of nitrogens with zero attached hydrogens (tertiary/aromatic N) is 1. The lowest BCUT2D eigenvalue weighted by Gasteiger charge is -2.04. The van der Waals surface area contributed by atoms with Gasteiger partial charge >= 0.3 is 0 Å². The second kappa shape index (κ2) is 5.81. The number of halogens is 1. The van der Waals surface area contributed by atoms with Crippen LogP contribution in [0, 0.1) is 17.1 Å². The minimum Gasteiger partial charge on any atom is -0.365 e. The van der Waals surface area contributed by atoms with E-state index in [0.29, 0.717) is 16.7 Å². The van der Waals surface area contributed by atoms with Gasteiger partial charge in [0.25, 0.3) is 5.91 Å². The molecule has 0 saturated carbocycles. The van der Waals surface area contributed by atoms with Crippen LogP contribution in [0.15, 0.2) is 54.1 Å². The summed E-state index contributed by atoms with van der Waals surface area (Å²) in [6.07, 6.45) is 1.38.